The summed E-state index contributed by atoms with van der Waals surface area (Å²) in [6.45, 7) is 0. The van der Waals surface area contributed by atoms with Gasteiger partial charge in [-0.3, -0.25) is 0 Å². The van der Waals surface area contributed by atoms with Crippen molar-refractivity contribution in [2.24, 2.45) is 0 Å². The van der Waals surface area contributed by atoms with Gasteiger partial charge in [0.2, 0.25) is 0 Å². The number of benzene rings is 1. The third-order valence-corrected chi connectivity index (χ3v) is 5.29. The van der Waals surface area contributed by atoms with Gasteiger partial charge in [0, 0.05) is 17.8 Å². The zero-order valence-corrected chi connectivity index (χ0v) is 11.7. The van der Waals surface area contributed by atoms with Gasteiger partial charge in [-0.1, -0.05) is 12.1 Å². The Labute approximate surface area is 113 Å². The molecule has 2 aliphatic rings. The summed E-state index contributed by atoms with van der Waals surface area (Å²) >= 11 is 2.08. The highest BCUT2D eigenvalue weighted by atomic mass is 32.2. The molecule has 18 heavy (non-hydrogen) atoms. The van der Waals surface area contributed by atoms with Crippen molar-refractivity contribution in [2.75, 3.05) is 18.6 Å². The number of ether oxygens (including phenoxy) is 1. The Morgan fingerprint density at radius 3 is 2.56 bits per heavy atom. The smallest absolute Gasteiger partial charge is 0.118 e. The topological polar surface area (TPSA) is 21.3 Å². The summed E-state index contributed by atoms with van der Waals surface area (Å²) in [4.78, 5) is 0. The van der Waals surface area contributed by atoms with E-state index >= 15 is 0 Å². The van der Waals surface area contributed by atoms with Crippen LogP contribution in [0, 0.1) is 0 Å². The van der Waals surface area contributed by atoms with Crippen LogP contribution in [0.3, 0.4) is 0 Å². The average Bonchev–Trinajstić information content (AvgIpc) is 2.86. The molecule has 0 radical (unpaired) electrons. The number of rotatable bonds is 4. The van der Waals surface area contributed by atoms with Crippen molar-refractivity contribution < 1.29 is 4.74 Å². The van der Waals surface area contributed by atoms with E-state index in [2.05, 4.69) is 41.3 Å². The summed E-state index contributed by atoms with van der Waals surface area (Å²) in [5.74, 6) is 4.36. The summed E-state index contributed by atoms with van der Waals surface area (Å²) < 4.78 is 5.20. The molecule has 0 spiro atoms. The minimum Gasteiger partial charge on any atom is -0.497 e. The zero-order chi connectivity index (χ0) is 12.4. The predicted molar refractivity (Wildman–Crippen MR) is 77.6 cm³/mol. The molecule has 0 aromatic heterocycles. The lowest BCUT2D eigenvalue weighted by molar-refractivity contribution is 0.271. The lowest BCUT2D eigenvalue weighted by atomic mass is 9.75. The van der Waals surface area contributed by atoms with E-state index < -0.39 is 0 Å². The fourth-order valence-electron chi connectivity index (χ4n) is 2.90. The molecule has 1 heterocycles. The molecule has 0 amide bonds. The Bertz CT molecular complexity index is 380. The van der Waals surface area contributed by atoms with Crippen molar-refractivity contribution in [3.8, 4) is 5.75 Å². The van der Waals surface area contributed by atoms with Gasteiger partial charge in [0.25, 0.3) is 0 Å². The van der Waals surface area contributed by atoms with Gasteiger partial charge in [-0.05, 0) is 48.6 Å². The van der Waals surface area contributed by atoms with Crippen LogP contribution in [0.5, 0.6) is 5.75 Å². The number of hydrogen-bond acceptors (Lipinski definition) is 3. The van der Waals surface area contributed by atoms with E-state index in [9.17, 15) is 0 Å². The van der Waals surface area contributed by atoms with Crippen LogP contribution in [0.1, 0.15) is 30.7 Å². The maximum Gasteiger partial charge on any atom is 0.118 e. The summed E-state index contributed by atoms with van der Waals surface area (Å²) in [7, 11) is 1.72. The van der Waals surface area contributed by atoms with E-state index in [-0.39, 0.29) is 0 Å². The molecule has 3 heteroatoms. The van der Waals surface area contributed by atoms with Crippen LogP contribution in [0.4, 0.5) is 0 Å². The molecule has 1 aliphatic carbocycles. The molecule has 1 saturated heterocycles. The van der Waals surface area contributed by atoms with Crippen molar-refractivity contribution in [1.82, 2.24) is 5.32 Å². The van der Waals surface area contributed by atoms with Crippen molar-refractivity contribution in [3.63, 3.8) is 0 Å². The minimum absolute atomic E-state index is 0.751. The highest BCUT2D eigenvalue weighted by Crippen LogP contribution is 2.38. The second kappa shape index (κ2) is 5.54. The van der Waals surface area contributed by atoms with Crippen LogP contribution < -0.4 is 10.1 Å². The second-order valence-corrected chi connectivity index (χ2v) is 6.52. The quantitative estimate of drug-likeness (QED) is 0.902. The van der Waals surface area contributed by atoms with Crippen LogP contribution in [-0.4, -0.2) is 30.7 Å². The van der Waals surface area contributed by atoms with Crippen molar-refractivity contribution in [2.45, 2.75) is 37.3 Å². The molecule has 1 unspecified atom stereocenters. The van der Waals surface area contributed by atoms with Gasteiger partial charge >= 0.3 is 0 Å². The molecule has 1 aromatic carbocycles. The van der Waals surface area contributed by atoms with E-state index in [1.54, 1.807) is 7.11 Å². The molecule has 3 rings (SSSR count). The Hall–Kier alpha value is -0.670. The molecular weight excluding hydrogens is 242 g/mol. The van der Waals surface area contributed by atoms with Gasteiger partial charge in [0.05, 0.1) is 7.11 Å². The molecule has 2 nitrogen and oxygen atoms in total. The lowest BCUT2D eigenvalue weighted by Gasteiger charge is -2.38. The van der Waals surface area contributed by atoms with E-state index in [4.69, 9.17) is 4.74 Å². The second-order valence-electron chi connectivity index (χ2n) is 5.37. The average molecular weight is 263 g/mol. The standard InChI is InChI=1S/C15H21NOS/c1-17-15-4-2-11(3-5-15)12-8-14(9-12)16-13-6-7-18-10-13/h2-5,12-14,16H,6-10H2,1H3. The Morgan fingerprint density at radius 1 is 1.17 bits per heavy atom. The van der Waals surface area contributed by atoms with E-state index in [1.165, 1.54) is 36.3 Å². The maximum absolute atomic E-state index is 5.20. The maximum atomic E-state index is 5.20. The largest absolute Gasteiger partial charge is 0.497 e. The zero-order valence-electron chi connectivity index (χ0n) is 10.9. The van der Waals surface area contributed by atoms with Gasteiger partial charge in [-0.15, -0.1) is 0 Å². The number of hydrogen-bond donors (Lipinski definition) is 1. The summed E-state index contributed by atoms with van der Waals surface area (Å²) in [6, 6.07) is 10.1. The summed E-state index contributed by atoms with van der Waals surface area (Å²) in [5.41, 5.74) is 1.47. The minimum atomic E-state index is 0.751. The van der Waals surface area contributed by atoms with Crippen molar-refractivity contribution in [3.05, 3.63) is 29.8 Å². The van der Waals surface area contributed by atoms with Crippen LogP contribution in [0.15, 0.2) is 24.3 Å². The molecule has 1 aromatic rings. The molecule has 2 fully saturated rings. The first-order valence-corrected chi connectivity index (χ1v) is 7.98. The summed E-state index contributed by atoms with van der Waals surface area (Å²) in [5, 5.41) is 3.79. The highest BCUT2D eigenvalue weighted by Gasteiger charge is 2.32. The van der Waals surface area contributed by atoms with Gasteiger partial charge < -0.3 is 10.1 Å². The molecule has 98 valence electrons. The number of nitrogens with one attached hydrogen (secondary N) is 1. The van der Waals surface area contributed by atoms with Gasteiger partial charge in [0.1, 0.15) is 5.75 Å². The summed E-state index contributed by atoms with van der Waals surface area (Å²) in [6.07, 6.45) is 3.95. The van der Waals surface area contributed by atoms with Crippen molar-refractivity contribution in [1.29, 1.82) is 0 Å². The molecule has 1 atom stereocenters. The molecule has 1 N–H and O–H groups in total. The molecule has 1 aliphatic heterocycles. The highest BCUT2D eigenvalue weighted by molar-refractivity contribution is 7.99. The Balaban J connectivity index is 1.48. The van der Waals surface area contributed by atoms with Crippen LogP contribution in [0.2, 0.25) is 0 Å². The van der Waals surface area contributed by atoms with Gasteiger partial charge in [0.15, 0.2) is 0 Å². The van der Waals surface area contributed by atoms with Gasteiger partial charge in [-0.2, -0.15) is 11.8 Å². The first-order valence-electron chi connectivity index (χ1n) is 6.83. The van der Waals surface area contributed by atoms with Crippen LogP contribution >= 0.6 is 11.8 Å². The van der Waals surface area contributed by atoms with Crippen LogP contribution in [-0.2, 0) is 0 Å². The fourth-order valence-corrected chi connectivity index (χ4v) is 4.07. The van der Waals surface area contributed by atoms with E-state index in [0.717, 1.165) is 23.8 Å². The first kappa shape index (κ1) is 12.4. The molecular formula is C15H21NOS. The van der Waals surface area contributed by atoms with Crippen molar-refractivity contribution >= 4 is 11.8 Å². The third-order valence-electron chi connectivity index (χ3n) is 4.13. The Kier molecular flexibility index (Phi) is 3.80. The molecule has 0 bridgehead atoms. The lowest BCUT2D eigenvalue weighted by Crippen LogP contribution is -2.45. The number of thioether (sulfide) groups is 1. The van der Waals surface area contributed by atoms with Crippen LogP contribution in [0.25, 0.3) is 0 Å². The SMILES string of the molecule is COc1ccc(C2CC(NC3CCSC3)C2)cc1. The predicted octanol–water partition coefficient (Wildman–Crippen LogP) is 3.04. The fraction of sp³-hybridized carbons (Fsp3) is 0.600. The third kappa shape index (κ3) is 2.67. The first-order chi connectivity index (χ1) is 8.85. The Morgan fingerprint density at radius 2 is 1.94 bits per heavy atom. The monoisotopic (exact) mass is 263 g/mol. The normalized spacial score (nSPS) is 31.1. The van der Waals surface area contributed by atoms with E-state index in [0.29, 0.717) is 0 Å². The van der Waals surface area contributed by atoms with E-state index in [1.807, 2.05) is 0 Å². The number of methoxy groups -OCH3 is 1. The molecule has 1 saturated carbocycles. The van der Waals surface area contributed by atoms with Gasteiger partial charge in [-0.25, -0.2) is 0 Å².